The number of piperazine rings is 1. The molecule has 0 radical (unpaired) electrons. The van der Waals surface area contributed by atoms with Crippen LogP contribution in [0.15, 0.2) is 23.2 Å². The van der Waals surface area contributed by atoms with Crippen molar-refractivity contribution in [3.63, 3.8) is 0 Å². The van der Waals surface area contributed by atoms with Crippen molar-refractivity contribution >= 4 is 41.0 Å². The maximum Gasteiger partial charge on any atom is 0.238 e. The van der Waals surface area contributed by atoms with Gasteiger partial charge in [0.2, 0.25) is 5.91 Å². The van der Waals surface area contributed by atoms with Crippen LogP contribution in [0.5, 0.6) is 0 Å². The second kappa shape index (κ2) is 10.7. The zero-order valence-electron chi connectivity index (χ0n) is 19.2. The van der Waals surface area contributed by atoms with Gasteiger partial charge in [-0.15, -0.1) is 0 Å². The molecule has 7 nitrogen and oxygen atoms in total. The van der Waals surface area contributed by atoms with Crippen molar-refractivity contribution in [1.82, 2.24) is 9.80 Å². The maximum atomic E-state index is 12.4. The van der Waals surface area contributed by atoms with Gasteiger partial charge >= 0.3 is 0 Å². The first-order valence-corrected chi connectivity index (χ1v) is 11.6. The van der Waals surface area contributed by atoms with E-state index in [-0.39, 0.29) is 22.9 Å². The van der Waals surface area contributed by atoms with Gasteiger partial charge in [-0.1, -0.05) is 25.4 Å². The van der Waals surface area contributed by atoms with Gasteiger partial charge in [-0.2, -0.15) is 0 Å². The SMILES string of the molecule is Cc1cc(Cl)ccc1NC(=O)CN1CCN(CCN=CC2C(=O)CC(C)(C)CC2=O)CC1. The minimum Gasteiger partial charge on any atom is -0.325 e. The van der Waals surface area contributed by atoms with Gasteiger partial charge < -0.3 is 5.32 Å². The molecule has 1 aliphatic heterocycles. The van der Waals surface area contributed by atoms with Crippen LogP contribution in [-0.4, -0.2) is 79.3 Å². The molecule has 174 valence electrons. The average molecular weight is 461 g/mol. The van der Waals surface area contributed by atoms with Gasteiger partial charge in [0.25, 0.3) is 0 Å². The fraction of sp³-hybridized carbons (Fsp3) is 0.583. The fourth-order valence-electron chi connectivity index (χ4n) is 4.28. The number of hydrogen-bond acceptors (Lipinski definition) is 6. The first kappa shape index (κ1) is 24.6. The molecule has 8 heteroatoms. The Hall–Kier alpha value is -2.09. The summed E-state index contributed by atoms with van der Waals surface area (Å²) in [6, 6.07) is 5.43. The number of aryl methyl sites for hydroxylation is 1. The molecule has 0 spiro atoms. The van der Waals surface area contributed by atoms with Crippen LogP contribution in [-0.2, 0) is 14.4 Å². The van der Waals surface area contributed by atoms with E-state index in [2.05, 4.69) is 20.1 Å². The fourth-order valence-corrected chi connectivity index (χ4v) is 4.51. The Balaban J connectivity index is 1.36. The topological polar surface area (TPSA) is 82.1 Å². The number of anilines is 1. The highest BCUT2D eigenvalue weighted by Crippen LogP contribution is 2.33. The molecule has 1 heterocycles. The second-order valence-corrected chi connectivity index (χ2v) is 10.0. The molecule has 1 aromatic carbocycles. The Morgan fingerprint density at radius 1 is 1.16 bits per heavy atom. The van der Waals surface area contributed by atoms with Gasteiger partial charge in [0.1, 0.15) is 17.5 Å². The average Bonchev–Trinajstić information content (AvgIpc) is 2.69. The number of nitrogens with one attached hydrogen (secondary N) is 1. The van der Waals surface area contributed by atoms with E-state index in [0.29, 0.717) is 31.0 Å². The van der Waals surface area contributed by atoms with E-state index in [1.165, 1.54) is 0 Å². The second-order valence-electron chi connectivity index (χ2n) is 9.61. The summed E-state index contributed by atoms with van der Waals surface area (Å²) in [6.07, 6.45) is 2.42. The molecule has 2 aliphatic rings. The summed E-state index contributed by atoms with van der Waals surface area (Å²) in [5.41, 5.74) is 1.49. The van der Waals surface area contributed by atoms with E-state index >= 15 is 0 Å². The molecule has 1 amide bonds. The van der Waals surface area contributed by atoms with Crippen LogP contribution in [0.4, 0.5) is 5.69 Å². The van der Waals surface area contributed by atoms with E-state index in [9.17, 15) is 14.4 Å². The van der Waals surface area contributed by atoms with Crippen molar-refractivity contribution in [2.75, 3.05) is 51.1 Å². The third kappa shape index (κ3) is 6.95. The van der Waals surface area contributed by atoms with Crippen LogP contribution in [0.2, 0.25) is 5.02 Å². The Morgan fingerprint density at radius 3 is 2.41 bits per heavy atom. The molecule has 1 aliphatic carbocycles. The predicted octanol–water partition coefficient (Wildman–Crippen LogP) is 2.85. The number of nitrogens with zero attached hydrogens (tertiary/aromatic N) is 3. The zero-order chi connectivity index (χ0) is 23.3. The molecule has 1 N–H and O–H groups in total. The highest BCUT2D eigenvalue weighted by atomic mass is 35.5. The molecule has 32 heavy (non-hydrogen) atoms. The molecule has 0 aromatic heterocycles. The van der Waals surface area contributed by atoms with Gasteiger partial charge in [-0.3, -0.25) is 29.2 Å². The summed E-state index contributed by atoms with van der Waals surface area (Å²) in [6.45, 7) is 10.9. The summed E-state index contributed by atoms with van der Waals surface area (Å²) < 4.78 is 0. The van der Waals surface area contributed by atoms with E-state index in [0.717, 1.165) is 44.0 Å². The quantitative estimate of drug-likeness (QED) is 0.499. The molecule has 2 fully saturated rings. The minimum atomic E-state index is -0.664. The zero-order valence-corrected chi connectivity index (χ0v) is 20.0. The lowest BCUT2D eigenvalue weighted by Gasteiger charge is -2.34. The van der Waals surface area contributed by atoms with Crippen LogP contribution in [0, 0.1) is 18.3 Å². The maximum absolute atomic E-state index is 12.4. The van der Waals surface area contributed by atoms with Crippen molar-refractivity contribution in [2.45, 2.75) is 33.6 Å². The molecule has 0 unspecified atom stereocenters. The van der Waals surface area contributed by atoms with E-state index < -0.39 is 5.92 Å². The van der Waals surface area contributed by atoms with Crippen molar-refractivity contribution in [3.05, 3.63) is 28.8 Å². The Labute approximate surface area is 195 Å². The number of benzene rings is 1. The number of aliphatic imine (C=N–C) groups is 1. The normalized spacial score (nSPS) is 20.8. The number of halogens is 1. The minimum absolute atomic E-state index is 0.0179. The smallest absolute Gasteiger partial charge is 0.238 e. The van der Waals surface area contributed by atoms with E-state index in [1.807, 2.05) is 32.9 Å². The third-order valence-corrected chi connectivity index (χ3v) is 6.33. The first-order chi connectivity index (χ1) is 15.1. The van der Waals surface area contributed by atoms with Gasteiger partial charge in [0.15, 0.2) is 0 Å². The third-order valence-electron chi connectivity index (χ3n) is 6.09. The van der Waals surface area contributed by atoms with Crippen molar-refractivity contribution in [3.8, 4) is 0 Å². The summed E-state index contributed by atoms with van der Waals surface area (Å²) >= 11 is 5.97. The van der Waals surface area contributed by atoms with Gasteiger partial charge in [0.05, 0.1) is 13.1 Å². The molecule has 3 rings (SSSR count). The standard InChI is InChI=1S/C24H33ClN4O3/c1-17-12-18(25)4-5-20(17)27-23(32)16-29-10-8-28(9-11-29)7-6-26-15-19-21(30)13-24(2,3)14-22(19)31/h4-5,12,15,19H,6-11,13-14,16H2,1-3H3,(H,27,32). The van der Waals surface area contributed by atoms with E-state index in [4.69, 9.17) is 11.6 Å². The molecule has 0 atom stereocenters. The van der Waals surface area contributed by atoms with E-state index in [1.54, 1.807) is 12.3 Å². The van der Waals surface area contributed by atoms with Crippen LogP contribution >= 0.6 is 11.6 Å². The molecule has 1 saturated carbocycles. The number of amides is 1. The number of carbonyl (C=O) groups is 3. The summed E-state index contributed by atoms with van der Waals surface area (Å²) in [5, 5.41) is 3.61. The molecular weight excluding hydrogens is 428 g/mol. The Kier molecular flexibility index (Phi) is 8.20. The van der Waals surface area contributed by atoms with Crippen LogP contribution < -0.4 is 5.32 Å². The number of Topliss-reactive ketones (excluding diaryl/α,β-unsaturated/α-hetero) is 2. The number of ketones is 2. The van der Waals surface area contributed by atoms with Crippen LogP contribution in [0.1, 0.15) is 32.3 Å². The van der Waals surface area contributed by atoms with Crippen molar-refractivity contribution in [2.24, 2.45) is 16.3 Å². The molecule has 1 aromatic rings. The van der Waals surface area contributed by atoms with Gasteiger partial charge in [0, 0.05) is 62.5 Å². The number of carbonyl (C=O) groups excluding carboxylic acids is 3. The van der Waals surface area contributed by atoms with Crippen LogP contribution in [0.3, 0.4) is 0 Å². The highest BCUT2D eigenvalue weighted by Gasteiger charge is 2.38. The largest absolute Gasteiger partial charge is 0.325 e. The highest BCUT2D eigenvalue weighted by molar-refractivity contribution is 6.30. The molecular formula is C24H33ClN4O3. The predicted molar refractivity (Wildman–Crippen MR) is 128 cm³/mol. The van der Waals surface area contributed by atoms with Gasteiger partial charge in [-0.25, -0.2) is 0 Å². The summed E-state index contributed by atoms with van der Waals surface area (Å²) in [4.78, 5) is 45.6. The lowest BCUT2D eigenvalue weighted by atomic mass is 9.72. The molecule has 0 bridgehead atoms. The summed E-state index contributed by atoms with van der Waals surface area (Å²) in [5.74, 6) is -0.729. The lowest BCUT2D eigenvalue weighted by Crippen LogP contribution is -2.49. The summed E-state index contributed by atoms with van der Waals surface area (Å²) in [7, 11) is 0. The molecule has 1 saturated heterocycles. The Morgan fingerprint density at radius 2 is 1.78 bits per heavy atom. The van der Waals surface area contributed by atoms with Crippen LogP contribution in [0.25, 0.3) is 0 Å². The first-order valence-electron chi connectivity index (χ1n) is 11.2. The van der Waals surface area contributed by atoms with Crippen molar-refractivity contribution < 1.29 is 14.4 Å². The number of hydrogen-bond donors (Lipinski definition) is 1. The number of rotatable bonds is 7. The monoisotopic (exact) mass is 460 g/mol. The Bertz CT molecular complexity index is 871. The van der Waals surface area contributed by atoms with Crippen molar-refractivity contribution in [1.29, 1.82) is 0 Å². The van der Waals surface area contributed by atoms with Gasteiger partial charge in [-0.05, 0) is 36.1 Å². The lowest BCUT2D eigenvalue weighted by molar-refractivity contribution is -0.136.